The van der Waals surface area contributed by atoms with Crippen LogP contribution in [0.1, 0.15) is 77.5 Å². The average molecular weight is 344 g/mol. The van der Waals surface area contributed by atoms with Gasteiger partial charge in [-0.25, -0.2) is 0 Å². The highest BCUT2D eigenvalue weighted by Crippen LogP contribution is 2.43. The summed E-state index contributed by atoms with van der Waals surface area (Å²) in [6.07, 6.45) is -1.94. The maximum atomic E-state index is 13.4. The van der Waals surface area contributed by atoms with Crippen molar-refractivity contribution < 1.29 is 13.2 Å². The number of unbranched alkanes of at least 4 members (excludes halogenated alkanes) is 1. The lowest BCUT2D eigenvalue weighted by Crippen LogP contribution is -2.44. The average Bonchev–Trinajstić information content (AvgIpc) is 2.42. The molecule has 132 valence electrons. The van der Waals surface area contributed by atoms with E-state index in [0.29, 0.717) is 11.1 Å². The van der Waals surface area contributed by atoms with Gasteiger partial charge in [-0.2, -0.15) is 13.2 Å². The minimum atomic E-state index is -4.52. The summed E-state index contributed by atoms with van der Waals surface area (Å²) < 4.78 is 40.2. The van der Waals surface area contributed by atoms with Gasteiger partial charge in [0.15, 0.2) is 0 Å². The molecule has 0 nitrogen and oxygen atoms in total. The SMILES string of the molecule is [B]c1cc(C([B])([B])C(C)(C)C)c(C(C)(C)CCCC)cc1C(F)(F)F. The Bertz CT molecular complexity index is 612. The maximum Gasteiger partial charge on any atom is 0.415 e. The van der Waals surface area contributed by atoms with Crippen LogP contribution in [0.25, 0.3) is 0 Å². The van der Waals surface area contributed by atoms with Gasteiger partial charge in [0.2, 0.25) is 0 Å². The van der Waals surface area contributed by atoms with E-state index < -0.39 is 27.8 Å². The first-order valence-corrected chi connectivity index (χ1v) is 8.65. The lowest BCUT2D eigenvalue weighted by atomic mass is 9.39. The molecule has 6 heteroatoms. The van der Waals surface area contributed by atoms with Crippen molar-refractivity contribution in [3.8, 4) is 0 Å². The van der Waals surface area contributed by atoms with Crippen LogP contribution in [0.5, 0.6) is 0 Å². The minimum absolute atomic E-state index is 0.345. The molecule has 6 radical (unpaired) electrons. The Hall–Kier alpha value is -0.795. The normalized spacial score (nSPS) is 14.0. The first-order valence-electron chi connectivity index (χ1n) is 8.65. The van der Waals surface area contributed by atoms with Crippen LogP contribution < -0.4 is 5.46 Å². The number of benzene rings is 1. The van der Waals surface area contributed by atoms with Gasteiger partial charge < -0.3 is 0 Å². The second-order valence-corrected chi connectivity index (χ2v) is 8.59. The second-order valence-electron chi connectivity index (χ2n) is 8.59. The van der Waals surface area contributed by atoms with E-state index >= 15 is 0 Å². The molecule has 0 aliphatic carbocycles. The lowest BCUT2D eigenvalue weighted by molar-refractivity contribution is -0.136. The van der Waals surface area contributed by atoms with Crippen molar-refractivity contribution >= 4 is 29.0 Å². The fraction of sp³-hybridized carbons (Fsp3) is 0.684. The Balaban J connectivity index is 3.75. The Morgan fingerprint density at radius 2 is 1.40 bits per heavy atom. The third kappa shape index (κ3) is 4.68. The molecule has 0 aromatic heterocycles. The maximum absolute atomic E-state index is 13.4. The molecule has 0 spiro atoms. The van der Waals surface area contributed by atoms with Crippen molar-refractivity contribution in [2.75, 3.05) is 0 Å². The van der Waals surface area contributed by atoms with E-state index in [1.54, 1.807) is 0 Å². The monoisotopic (exact) mass is 344 g/mol. The number of hydrogen-bond acceptors (Lipinski definition) is 0. The zero-order valence-corrected chi connectivity index (χ0v) is 16.1. The zero-order chi connectivity index (χ0) is 19.8. The van der Waals surface area contributed by atoms with Gasteiger partial charge in [-0.1, -0.05) is 76.7 Å². The quantitative estimate of drug-likeness (QED) is 0.690. The van der Waals surface area contributed by atoms with Crippen LogP contribution in [-0.2, 0) is 16.8 Å². The summed E-state index contributed by atoms with van der Waals surface area (Å²) in [6.45, 7) is 11.5. The van der Waals surface area contributed by atoms with Gasteiger partial charge in [0.25, 0.3) is 0 Å². The molecular formula is C19H26B3F3. The number of halogens is 3. The van der Waals surface area contributed by atoms with E-state index in [0.717, 1.165) is 25.3 Å². The molecule has 1 aromatic carbocycles. The zero-order valence-electron chi connectivity index (χ0n) is 16.1. The summed E-state index contributed by atoms with van der Waals surface area (Å²) >= 11 is 0. The van der Waals surface area contributed by atoms with Crippen LogP contribution in [0, 0.1) is 5.41 Å². The Morgan fingerprint density at radius 3 is 1.80 bits per heavy atom. The van der Waals surface area contributed by atoms with E-state index in [9.17, 15) is 13.2 Å². The fourth-order valence-electron chi connectivity index (χ4n) is 2.92. The van der Waals surface area contributed by atoms with Gasteiger partial charge in [-0.3, -0.25) is 0 Å². The molecule has 0 atom stereocenters. The molecule has 0 aliphatic heterocycles. The molecule has 0 amide bonds. The van der Waals surface area contributed by atoms with E-state index in [-0.39, 0.29) is 5.46 Å². The standard InChI is InChI=1S/C19H26B3F3/c1-7-8-9-17(5,6)12-10-14(19(23,24)25)15(20)11-13(12)18(21,22)16(2,3)4/h10-11H,7-9H2,1-6H3. The summed E-state index contributed by atoms with van der Waals surface area (Å²) in [6, 6.07) is 2.46. The van der Waals surface area contributed by atoms with E-state index in [2.05, 4.69) is 0 Å². The van der Waals surface area contributed by atoms with Crippen molar-refractivity contribution in [1.29, 1.82) is 0 Å². The fourth-order valence-corrected chi connectivity index (χ4v) is 2.92. The largest absolute Gasteiger partial charge is 0.415 e. The third-order valence-corrected chi connectivity index (χ3v) is 5.07. The first kappa shape index (κ1) is 22.2. The van der Waals surface area contributed by atoms with Crippen LogP contribution in [0.4, 0.5) is 13.2 Å². The second kappa shape index (κ2) is 7.08. The van der Waals surface area contributed by atoms with Crippen molar-refractivity contribution in [2.24, 2.45) is 5.41 Å². The van der Waals surface area contributed by atoms with Gasteiger partial charge in [-0.05, 0) is 28.9 Å². The molecule has 0 fully saturated rings. The molecule has 0 N–H and O–H groups in total. The molecule has 1 rings (SSSR count). The van der Waals surface area contributed by atoms with Gasteiger partial charge in [0.05, 0.1) is 15.7 Å². The molecule has 0 saturated heterocycles. The van der Waals surface area contributed by atoms with Gasteiger partial charge >= 0.3 is 6.18 Å². The summed E-state index contributed by atoms with van der Waals surface area (Å²) in [5, 5.41) is -1.32. The first-order chi connectivity index (χ1) is 11.1. The van der Waals surface area contributed by atoms with Gasteiger partial charge in [0, 0.05) is 5.56 Å². The lowest BCUT2D eigenvalue weighted by Gasteiger charge is -2.45. The summed E-state index contributed by atoms with van der Waals surface area (Å²) in [5.41, 5.74) is -1.25. The smallest absolute Gasteiger partial charge is 0.166 e. The minimum Gasteiger partial charge on any atom is -0.166 e. The van der Waals surface area contributed by atoms with E-state index in [1.807, 2.05) is 41.5 Å². The summed E-state index contributed by atoms with van der Waals surface area (Å²) in [4.78, 5) is 0. The molecule has 0 aliphatic rings. The van der Waals surface area contributed by atoms with Crippen molar-refractivity contribution in [3.05, 3.63) is 28.8 Å². The van der Waals surface area contributed by atoms with E-state index in [1.165, 1.54) is 6.07 Å². The predicted molar refractivity (Wildman–Crippen MR) is 102 cm³/mol. The van der Waals surface area contributed by atoms with Crippen LogP contribution in [0.3, 0.4) is 0 Å². The molecule has 25 heavy (non-hydrogen) atoms. The Kier molecular flexibility index (Phi) is 6.30. The number of hydrogen-bond donors (Lipinski definition) is 0. The summed E-state index contributed by atoms with van der Waals surface area (Å²) in [7, 11) is 18.5. The predicted octanol–water partition coefficient (Wildman–Crippen LogP) is 4.50. The highest BCUT2D eigenvalue weighted by molar-refractivity contribution is 6.41. The Labute approximate surface area is 154 Å². The molecule has 0 heterocycles. The summed E-state index contributed by atoms with van der Waals surface area (Å²) in [5.74, 6) is 0. The number of rotatable bonds is 5. The highest BCUT2D eigenvalue weighted by atomic mass is 19.4. The van der Waals surface area contributed by atoms with Crippen molar-refractivity contribution in [3.63, 3.8) is 0 Å². The van der Waals surface area contributed by atoms with Crippen molar-refractivity contribution in [2.45, 2.75) is 77.6 Å². The van der Waals surface area contributed by atoms with Crippen LogP contribution in [0.2, 0.25) is 0 Å². The van der Waals surface area contributed by atoms with Crippen LogP contribution >= 0.6 is 0 Å². The molecule has 0 saturated carbocycles. The molecule has 1 aromatic rings. The highest BCUT2D eigenvalue weighted by Gasteiger charge is 2.40. The topological polar surface area (TPSA) is 0 Å². The molecule has 0 unspecified atom stereocenters. The van der Waals surface area contributed by atoms with Gasteiger partial charge in [0.1, 0.15) is 7.85 Å². The van der Waals surface area contributed by atoms with Crippen molar-refractivity contribution in [1.82, 2.24) is 0 Å². The Morgan fingerprint density at radius 1 is 0.880 bits per heavy atom. The van der Waals surface area contributed by atoms with E-state index in [4.69, 9.17) is 23.5 Å². The third-order valence-electron chi connectivity index (χ3n) is 5.07. The number of alkyl halides is 3. The van der Waals surface area contributed by atoms with Gasteiger partial charge in [-0.15, -0.1) is 0 Å². The van der Waals surface area contributed by atoms with Crippen LogP contribution in [-0.4, -0.2) is 23.5 Å². The van der Waals surface area contributed by atoms with Crippen LogP contribution in [0.15, 0.2) is 12.1 Å². The molecule has 0 bridgehead atoms. The molecular weight excluding hydrogens is 318 g/mol.